The van der Waals surface area contributed by atoms with E-state index in [1.54, 1.807) is 6.92 Å². The van der Waals surface area contributed by atoms with Crippen molar-refractivity contribution in [1.29, 1.82) is 0 Å². The van der Waals surface area contributed by atoms with Crippen molar-refractivity contribution >= 4 is 21.8 Å². The lowest BCUT2D eigenvalue weighted by Crippen LogP contribution is -2.47. The molecule has 0 saturated heterocycles. The Morgan fingerprint density at radius 1 is 1.00 bits per heavy atom. The van der Waals surface area contributed by atoms with Crippen molar-refractivity contribution < 1.29 is 27.1 Å². The van der Waals surface area contributed by atoms with Gasteiger partial charge in [0.2, 0.25) is 10.0 Å². The van der Waals surface area contributed by atoms with Crippen molar-refractivity contribution in [1.82, 2.24) is 15.6 Å². The van der Waals surface area contributed by atoms with Crippen LogP contribution in [0.2, 0.25) is 0 Å². The number of hydrazine groups is 1. The topological polar surface area (TPSA) is 114 Å². The summed E-state index contributed by atoms with van der Waals surface area (Å²) in [6.45, 7) is 5.08. The molecule has 0 spiro atoms. The molecule has 162 valence electrons. The first kappa shape index (κ1) is 23.3. The first-order chi connectivity index (χ1) is 14.1. The molecule has 2 rings (SSSR count). The number of amides is 2. The zero-order chi connectivity index (χ0) is 22.3. The molecule has 0 aromatic heterocycles. The third kappa shape index (κ3) is 6.53. The summed E-state index contributed by atoms with van der Waals surface area (Å²) in [4.78, 5) is 24.3. The standard InChI is InChI=1S/C20H24FN3O5S/c1-4-13(2)24-30(27,28)18-11-5-15(6-12-18)20(26)23-22-19(25)14(3)29-17-9-7-16(21)8-10-17/h5-14,24H,4H2,1-3H3,(H,22,25)(H,23,26). The summed E-state index contributed by atoms with van der Waals surface area (Å²) >= 11 is 0. The zero-order valence-electron chi connectivity index (χ0n) is 16.8. The highest BCUT2D eigenvalue weighted by Gasteiger charge is 2.18. The van der Waals surface area contributed by atoms with E-state index < -0.39 is 33.8 Å². The Hall–Kier alpha value is -2.98. The molecule has 2 aromatic carbocycles. The zero-order valence-corrected chi connectivity index (χ0v) is 17.6. The summed E-state index contributed by atoms with van der Waals surface area (Å²) in [5, 5.41) is 0. The van der Waals surface area contributed by atoms with Gasteiger partial charge in [0.25, 0.3) is 11.8 Å². The van der Waals surface area contributed by atoms with Crippen LogP contribution in [0.25, 0.3) is 0 Å². The minimum absolute atomic E-state index is 0.0321. The monoisotopic (exact) mass is 437 g/mol. The maximum Gasteiger partial charge on any atom is 0.279 e. The number of ether oxygens (including phenoxy) is 1. The second-order valence-corrected chi connectivity index (χ2v) is 8.33. The van der Waals surface area contributed by atoms with Crippen LogP contribution in [0.4, 0.5) is 4.39 Å². The summed E-state index contributed by atoms with van der Waals surface area (Å²) in [5.74, 6) is -1.38. The molecule has 0 aliphatic rings. The van der Waals surface area contributed by atoms with Gasteiger partial charge in [0.05, 0.1) is 4.90 Å². The van der Waals surface area contributed by atoms with Crippen LogP contribution in [-0.4, -0.2) is 32.4 Å². The number of nitrogens with one attached hydrogen (secondary N) is 3. The minimum Gasteiger partial charge on any atom is -0.481 e. The van der Waals surface area contributed by atoms with Gasteiger partial charge in [-0.25, -0.2) is 17.5 Å². The van der Waals surface area contributed by atoms with E-state index in [0.29, 0.717) is 12.2 Å². The summed E-state index contributed by atoms with van der Waals surface area (Å²) in [5.41, 5.74) is 4.61. The van der Waals surface area contributed by atoms with Gasteiger partial charge in [-0.3, -0.25) is 20.4 Å². The summed E-state index contributed by atoms with van der Waals surface area (Å²) in [6, 6.07) is 10.2. The molecule has 0 bridgehead atoms. The molecule has 0 heterocycles. The van der Waals surface area contributed by atoms with Crippen molar-refractivity contribution in [2.75, 3.05) is 0 Å². The second-order valence-electron chi connectivity index (χ2n) is 6.61. The number of hydrogen-bond donors (Lipinski definition) is 3. The average Bonchev–Trinajstić information content (AvgIpc) is 2.73. The van der Waals surface area contributed by atoms with Gasteiger partial charge in [0.15, 0.2) is 6.10 Å². The van der Waals surface area contributed by atoms with E-state index in [-0.39, 0.29) is 16.5 Å². The lowest BCUT2D eigenvalue weighted by Gasteiger charge is -2.15. The van der Waals surface area contributed by atoms with E-state index >= 15 is 0 Å². The van der Waals surface area contributed by atoms with Gasteiger partial charge in [0.1, 0.15) is 11.6 Å². The Labute approximate surface area is 174 Å². The van der Waals surface area contributed by atoms with Crippen LogP contribution in [-0.2, 0) is 14.8 Å². The van der Waals surface area contributed by atoms with E-state index in [1.165, 1.54) is 55.5 Å². The molecule has 2 aromatic rings. The molecule has 3 N–H and O–H groups in total. The number of benzene rings is 2. The van der Waals surface area contributed by atoms with Crippen molar-refractivity contribution in [2.45, 2.75) is 44.2 Å². The van der Waals surface area contributed by atoms with Crippen LogP contribution < -0.4 is 20.3 Å². The van der Waals surface area contributed by atoms with Crippen LogP contribution in [0, 0.1) is 5.82 Å². The average molecular weight is 437 g/mol. The number of hydrogen-bond acceptors (Lipinski definition) is 5. The van der Waals surface area contributed by atoms with Gasteiger partial charge in [-0.1, -0.05) is 6.92 Å². The fraction of sp³-hybridized carbons (Fsp3) is 0.300. The maximum absolute atomic E-state index is 12.9. The highest BCUT2D eigenvalue weighted by atomic mass is 32.2. The molecule has 2 atom stereocenters. The van der Waals surface area contributed by atoms with E-state index in [9.17, 15) is 22.4 Å². The largest absolute Gasteiger partial charge is 0.481 e. The van der Waals surface area contributed by atoms with Crippen LogP contribution in [0.1, 0.15) is 37.6 Å². The fourth-order valence-electron chi connectivity index (χ4n) is 2.26. The Kier molecular flexibility index (Phi) is 7.90. The third-order valence-corrected chi connectivity index (χ3v) is 5.80. The molecular weight excluding hydrogens is 413 g/mol. The quantitative estimate of drug-likeness (QED) is 0.548. The van der Waals surface area contributed by atoms with Gasteiger partial charge in [-0.05, 0) is 68.8 Å². The molecule has 10 heteroatoms. The molecule has 0 fully saturated rings. The Balaban J connectivity index is 1.91. The van der Waals surface area contributed by atoms with Crippen molar-refractivity contribution in [3.8, 4) is 5.75 Å². The van der Waals surface area contributed by atoms with Crippen molar-refractivity contribution in [3.63, 3.8) is 0 Å². The Bertz CT molecular complexity index is 979. The molecule has 8 nitrogen and oxygen atoms in total. The highest BCUT2D eigenvalue weighted by molar-refractivity contribution is 7.89. The summed E-state index contributed by atoms with van der Waals surface area (Å²) < 4.78 is 45.3. The second kappa shape index (κ2) is 10.2. The summed E-state index contributed by atoms with van der Waals surface area (Å²) in [7, 11) is -3.67. The molecule has 2 unspecified atom stereocenters. The maximum atomic E-state index is 12.9. The van der Waals surface area contributed by atoms with Gasteiger partial charge in [0, 0.05) is 11.6 Å². The van der Waals surface area contributed by atoms with Crippen molar-refractivity contribution in [3.05, 3.63) is 59.9 Å². The molecule has 0 aliphatic carbocycles. The van der Waals surface area contributed by atoms with Crippen LogP contribution in [0.15, 0.2) is 53.4 Å². The van der Waals surface area contributed by atoms with Crippen LogP contribution in [0.5, 0.6) is 5.75 Å². The molecule has 0 saturated carbocycles. The Morgan fingerprint density at radius 3 is 2.17 bits per heavy atom. The lowest BCUT2D eigenvalue weighted by molar-refractivity contribution is -0.128. The molecule has 2 amide bonds. The normalized spacial score (nSPS) is 13.2. The van der Waals surface area contributed by atoms with E-state index in [0.717, 1.165) is 0 Å². The van der Waals surface area contributed by atoms with Crippen LogP contribution >= 0.6 is 0 Å². The smallest absolute Gasteiger partial charge is 0.279 e. The first-order valence-electron chi connectivity index (χ1n) is 9.27. The van der Waals surface area contributed by atoms with E-state index in [1.807, 2.05) is 6.92 Å². The van der Waals surface area contributed by atoms with Crippen molar-refractivity contribution in [2.24, 2.45) is 0 Å². The predicted octanol–water partition coefficient (Wildman–Crippen LogP) is 2.13. The number of rotatable bonds is 8. The fourth-order valence-corrected chi connectivity index (χ4v) is 3.59. The molecular formula is C20H24FN3O5S. The molecule has 0 radical (unpaired) electrons. The SMILES string of the molecule is CCC(C)NS(=O)(=O)c1ccc(C(=O)NNC(=O)C(C)Oc2ccc(F)cc2)cc1. The number of carbonyl (C=O) groups excluding carboxylic acids is 2. The van der Waals surface area contributed by atoms with E-state index in [2.05, 4.69) is 15.6 Å². The number of sulfonamides is 1. The minimum atomic E-state index is -3.67. The lowest BCUT2D eigenvalue weighted by atomic mass is 10.2. The molecule has 0 aliphatic heterocycles. The van der Waals surface area contributed by atoms with E-state index in [4.69, 9.17) is 4.74 Å². The summed E-state index contributed by atoms with van der Waals surface area (Å²) in [6.07, 6.45) is -0.308. The van der Waals surface area contributed by atoms with Gasteiger partial charge in [-0.2, -0.15) is 0 Å². The Morgan fingerprint density at radius 2 is 1.60 bits per heavy atom. The van der Waals surface area contributed by atoms with Gasteiger partial charge >= 0.3 is 0 Å². The molecule has 30 heavy (non-hydrogen) atoms. The predicted molar refractivity (Wildman–Crippen MR) is 109 cm³/mol. The third-order valence-electron chi connectivity index (χ3n) is 4.19. The van der Waals surface area contributed by atoms with Crippen LogP contribution in [0.3, 0.4) is 0 Å². The van der Waals surface area contributed by atoms with Gasteiger partial charge < -0.3 is 4.74 Å². The first-order valence-corrected chi connectivity index (χ1v) is 10.8. The number of carbonyl (C=O) groups is 2. The number of halogens is 1. The highest BCUT2D eigenvalue weighted by Crippen LogP contribution is 2.13. The van der Waals surface area contributed by atoms with Gasteiger partial charge in [-0.15, -0.1) is 0 Å².